The Morgan fingerprint density at radius 3 is 2.96 bits per heavy atom. The summed E-state index contributed by atoms with van der Waals surface area (Å²) in [6.07, 6.45) is 2.77. The van der Waals surface area contributed by atoms with Crippen LogP contribution in [0.2, 0.25) is 5.02 Å². The van der Waals surface area contributed by atoms with Crippen molar-refractivity contribution in [2.24, 2.45) is 4.99 Å². The Labute approximate surface area is 188 Å². The molecule has 2 N–H and O–H groups in total. The highest BCUT2D eigenvalue weighted by Gasteiger charge is 2.25. The molecule has 9 heteroatoms. The van der Waals surface area contributed by atoms with Crippen molar-refractivity contribution in [3.63, 3.8) is 0 Å². The fourth-order valence-electron chi connectivity index (χ4n) is 3.01. The number of anilines is 1. The van der Waals surface area contributed by atoms with Gasteiger partial charge in [-0.1, -0.05) is 17.7 Å². The SMILES string of the molecule is CCNC(=NCc1cccc(OC)n1)NC1CCN(c2ncccc2Cl)C1.I. The summed E-state index contributed by atoms with van der Waals surface area (Å²) in [6, 6.07) is 9.68. The molecule has 3 rings (SSSR count). The Bertz CT molecular complexity index is 791. The molecule has 2 aromatic heterocycles. The molecule has 0 aromatic carbocycles. The lowest BCUT2D eigenvalue weighted by molar-refractivity contribution is 0.396. The zero-order valence-corrected chi connectivity index (χ0v) is 19.1. The maximum atomic E-state index is 6.27. The van der Waals surface area contributed by atoms with Crippen molar-refractivity contribution < 1.29 is 4.74 Å². The molecular weight excluding hydrogens is 491 g/mol. The summed E-state index contributed by atoms with van der Waals surface area (Å²) in [5.74, 6) is 2.21. The molecule has 0 radical (unpaired) electrons. The van der Waals surface area contributed by atoms with Crippen LogP contribution >= 0.6 is 35.6 Å². The highest BCUT2D eigenvalue weighted by atomic mass is 127. The molecule has 3 heterocycles. The van der Waals surface area contributed by atoms with E-state index in [9.17, 15) is 0 Å². The standard InChI is InChI=1S/C19H25ClN6O.HI/c1-3-21-19(23-12-14-6-4-8-17(24-14)27-2)25-15-9-11-26(13-15)18-16(20)7-5-10-22-18;/h4-8,10,15H,3,9,11-13H2,1-2H3,(H2,21,23,25);1H. The summed E-state index contributed by atoms with van der Waals surface area (Å²) in [6.45, 7) is 5.06. The van der Waals surface area contributed by atoms with Gasteiger partial charge in [0.05, 0.1) is 24.4 Å². The maximum absolute atomic E-state index is 6.27. The minimum Gasteiger partial charge on any atom is -0.481 e. The van der Waals surface area contributed by atoms with Crippen LogP contribution in [0.15, 0.2) is 41.5 Å². The highest BCUT2D eigenvalue weighted by Crippen LogP contribution is 2.25. The van der Waals surface area contributed by atoms with Gasteiger partial charge in [0.1, 0.15) is 5.82 Å². The van der Waals surface area contributed by atoms with Gasteiger partial charge in [0.25, 0.3) is 0 Å². The van der Waals surface area contributed by atoms with Gasteiger partial charge >= 0.3 is 0 Å². The van der Waals surface area contributed by atoms with Crippen LogP contribution in [0.4, 0.5) is 5.82 Å². The van der Waals surface area contributed by atoms with E-state index < -0.39 is 0 Å². The second-order valence-electron chi connectivity index (χ2n) is 6.25. The fraction of sp³-hybridized carbons (Fsp3) is 0.421. The molecule has 1 aliphatic rings. The summed E-state index contributed by atoms with van der Waals surface area (Å²) in [7, 11) is 1.61. The molecule has 1 unspecified atom stereocenters. The monoisotopic (exact) mass is 516 g/mol. The van der Waals surface area contributed by atoms with E-state index in [0.717, 1.165) is 43.5 Å². The van der Waals surface area contributed by atoms with E-state index >= 15 is 0 Å². The van der Waals surface area contributed by atoms with E-state index in [0.29, 0.717) is 17.4 Å². The topological polar surface area (TPSA) is 74.7 Å². The van der Waals surface area contributed by atoms with Gasteiger partial charge in [0.2, 0.25) is 5.88 Å². The van der Waals surface area contributed by atoms with Gasteiger partial charge in [0.15, 0.2) is 5.96 Å². The van der Waals surface area contributed by atoms with Crippen molar-refractivity contribution >= 4 is 47.4 Å². The number of nitrogens with zero attached hydrogens (tertiary/aromatic N) is 4. The Kier molecular flexibility index (Phi) is 9.04. The van der Waals surface area contributed by atoms with Crippen LogP contribution in [0.3, 0.4) is 0 Å². The first kappa shape index (κ1) is 22.5. The van der Waals surface area contributed by atoms with Gasteiger partial charge in [-0.05, 0) is 31.5 Å². The number of hydrogen-bond donors (Lipinski definition) is 2. The molecule has 1 aliphatic heterocycles. The smallest absolute Gasteiger partial charge is 0.213 e. The Balaban J connectivity index is 0.00000280. The van der Waals surface area contributed by atoms with Gasteiger partial charge in [-0.2, -0.15) is 0 Å². The third-order valence-corrected chi connectivity index (χ3v) is 4.60. The number of methoxy groups -OCH3 is 1. The fourth-order valence-corrected chi connectivity index (χ4v) is 3.25. The predicted octanol–water partition coefficient (Wildman–Crippen LogP) is 3.09. The molecule has 0 aliphatic carbocycles. The predicted molar refractivity (Wildman–Crippen MR) is 124 cm³/mol. The van der Waals surface area contributed by atoms with Crippen LogP contribution in [-0.2, 0) is 6.54 Å². The Morgan fingerprint density at radius 1 is 1.36 bits per heavy atom. The molecule has 152 valence electrons. The molecule has 0 spiro atoms. The molecule has 0 saturated carbocycles. The molecule has 1 atom stereocenters. The molecule has 2 aromatic rings. The number of ether oxygens (including phenoxy) is 1. The third kappa shape index (κ3) is 6.10. The van der Waals surface area contributed by atoms with E-state index in [1.807, 2.05) is 30.3 Å². The minimum atomic E-state index is 0. The van der Waals surface area contributed by atoms with Crippen molar-refractivity contribution in [1.82, 2.24) is 20.6 Å². The van der Waals surface area contributed by atoms with Crippen LogP contribution in [0, 0.1) is 0 Å². The van der Waals surface area contributed by atoms with Crippen molar-refractivity contribution in [1.29, 1.82) is 0 Å². The zero-order chi connectivity index (χ0) is 19.1. The molecule has 7 nitrogen and oxygen atoms in total. The largest absolute Gasteiger partial charge is 0.481 e. The third-order valence-electron chi connectivity index (χ3n) is 4.30. The number of pyridine rings is 2. The molecule has 28 heavy (non-hydrogen) atoms. The second kappa shape index (κ2) is 11.3. The lowest BCUT2D eigenvalue weighted by atomic mass is 10.3. The summed E-state index contributed by atoms with van der Waals surface area (Å²) >= 11 is 6.27. The van der Waals surface area contributed by atoms with E-state index in [2.05, 4.69) is 37.4 Å². The highest BCUT2D eigenvalue weighted by molar-refractivity contribution is 14.0. The van der Waals surface area contributed by atoms with E-state index in [-0.39, 0.29) is 30.0 Å². The normalized spacial score (nSPS) is 16.5. The molecule has 0 bridgehead atoms. The molecule has 0 amide bonds. The number of guanidine groups is 1. The van der Waals surface area contributed by atoms with Gasteiger partial charge in [-0.15, -0.1) is 24.0 Å². The van der Waals surface area contributed by atoms with E-state index in [1.165, 1.54) is 0 Å². The summed E-state index contributed by atoms with van der Waals surface area (Å²) in [5.41, 5.74) is 0.861. The van der Waals surface area contributed by atoms with Crippen LogP contribution in [-0.4, -0.2) is 48.7 Å². The zero-order valence-electron chi connectivity index (χ0n) is 16.1. The second-order valence-corrected chi connectivity index (χ2v) is 6.66. The van der Waals surface area contributed by atoms with E-state index in [1.54, 1.807) is 13.3 Å². The number of nitrogens with one attached hydrogen (secondary N) is 2. The van der Waals surface area contributed by atoms with Crippen molar-refractivity contribution in [2.45, 2.75) is 25.9 Å². The van der Waals surface area contributed by atoms with Crippen LogP contribution < -0.4 is 20.3 Å². The number of rotatable bonds is 6. The molecule has 1 saturated heterocycles. The van der Waals surface area contributed by atoms with E-state index in [4.69, 9.17) is 16.3 Å². The van der Waals surface area contributed by atoms with Crippen molar-refractivity contribution in [3.05, 3.63) is 47.2 Å². The van der Waals surface area contributed by atoms with Gasteiger partial charge in [-0.25, -0.2) is 15.0 Å². The van der Waals surface area contributed by atoms with Crippen LogP contribution in [0.1, 0.15) is 19.0 Å². The number of aliphatic imine (C=N–C) groups is 1. The first-order valence-electron chi connectivity index (χ1n) is 9.10. The Hall–Kier alpha value is -1.81. The van der Waals surface area contributed by atoms with Crippen LogP contribution in [0.25, 0.3) is 0 Å². The summed E-state index contributed by atoms with van der Waals surface area (Å²) in [5, 5.41) is 7.48. The quantitative estimate of drug-likeness (QED) is 0.349. The van der Waals surface area contributed by atoms with Crippen LogP contribution in [0.5, 0.6) is 5.88 Å². The van der Waals surface area contributed by atoms with Crippen molar-refractivity contribution in [2.75, 3.05) is 31.6 Å². The summed E-state index contributed by atoms with van der Waals surface area (Å²) < 4.78 is 5.17. The minimum absolute atomic E-state index is 0. The van der Waals surface area contributed by atoms with Crippen molar-refractivity contribution in [3.8, 4) is 5.88 Å². The number of hydrogen-bond acceptors (Lipinski definition) is 5. The molecule has 1 fully saturated rings. The van der Waals surface area contributed by atoms with Gasteiger partial charge < -0.3 is 20.3 Å². The summed E-state index contributed by atoms with van der Waals surface area (Å²) in [4.78, 5) is 15.7. The average Bonchev–Trinajstić information content (AvgIpc) is 3.15. The maximum Gasteiger partial charge on any atom is 0.213 e. The first-order valence-corrected chi connectivity index (χ1v) is 9.47. The van der Waals surface area contributed by atoms with Gasteiger partial charge in [-0.3, -0.25) is 0 Å². The average molecular weight is 517 g/mol. The Morgan fingerprint density at radius 2 is 2.21 bits per heavy atom. The number of halogens is 2. The number of aromatic nitrogens is 2. The first-order chi connectivity index (χ1) is 13.2. The lowest BCUT2D eigenvalue weighted by Crippen LogP contribution is -2.44. The lowest BCUT2D eigenvalue weighted by Gasteiger charge is -2.20. The van der Waals surface area contributed by atoms with Gasteiger partial charge in [0, 0.05) is 37.9 Å². The molecular formula is C19H26ClIN6O.